The Hall–Kier alpha value is -0.810. The summed E-state index contributed by atoms with van der Waals surface area (Å²) in [7, 11) is 0. The van der Waals surface area contributed by atoms with Gasteiger partial charge in [-0.1, -0.05) is 6.08 Å². The van der Waals surface area contributed by atoms with Crippen LogP contribution in [0.3, 0.4) is 0 Å². The van der Waals surface area contributed by atoms with Crippen LogP contribution in [-0.2, 0) is 0 Å². The van der Waals surface area contributed by atoms with Gasteiger partial charge in [-0.05, 0) is 31.7 Å². The van der Waals surface area contributed by atoms with Crippen LogP contribution in [0.2, 0.25) is 0 Å². The van der Waals surface area contributed by atoms with Gasteiger partial charge >= 0.3 is 0 Å². The Kier molecular flexibility index (Phi) is 6.54. The zero-order valence-corrected chi connectivity index (χ0v) is 5.77. The molecule has 0 bridgehead atoms. The average molecular weight is 123 g/mol. The van der Waals surface area contributed by atoms with Crippen LogP contribution in [0.1, 0.15) is 19.3 Å². The van der Waals surface area contributed by atoms with Crippen LogP contribution >= 0.6 is 0 Å². The Morgan fingerprint density at radius 2 is 2.22 bits per heavy atom. The van der Waals surface area contributed by atoms with Crippen molar-refractivity contribution in [1.82, 2.24) is 0 Å². The van der Waals surface area contributed by atoms with E-state index in [1.165, 1.54) is 6.42 Å². The summed E-state index contributed by atoms with van der Waals surface area (Å²) < 4.78 is 0. The van der Waals surface area contributed by atoms with Gasteiger partial charge in [0.05, 0.1) is 0 Å². The zero-order valence-electron chi connectivity index (χ0n) is 5.77. The second-order valence-electron chi connectivity index (χ2n) is 1.82. The molecule has 0 aliphatic rings. The van der Waals surface area contributed by atoms with E-state index in [9.17, 15) is 0 Å². The highest BCUT2D eigenvalue weighted by molar-refractivity contribution is 5.46. The molecule has 0 aromatic heterocycles. The van der Waals surface area contributed by atoms with E-state index in [0.717, 1.165) is 19.4 Å². The van der Waals surface area contributed by atoms with Crippen LogP contribution in [0.4, 0.5) is 0 Å². The van der Waals surface area contributed by atoms with E-state index in [-0.39, 0.29) is 0 Å². The van der Waals surface area contributed by atoms with Crippen LogP contribution in [0, 0.1) is 0 Å². The molecule has 0 aliphatic heterocycles. The predicted molar refractivity (Wildman–Crippen MR) is 42.0 cm³/mol. The number of aliphatic imine (C=N–C) groups is 1. The Morgan fingerprint density at radius 3 is 2.78 bits per heavy atom. The van der Waals surface area contributed by atoms with E-state index in [2.05, 4.69) is 24.0 Å². The second-order valence-corrected chi connectivity index (χ2v) is 1.82. The van der Waals surface area contributed by atoms with Crippen molar-refractivity contribution in [3.8, 4) is 0 Å². The number of nitrogens with zero attached hydrogens (tertiary/aromatic N) is 1. The second kappa shape index (κ2) is 7.19. The maximum absolute atomic E-state index is 3.85. The van der Waals surface area contributed by atoms with Gasteiger partial charge in [-0.3, -0.25) is 0 Å². The van der Waals surface area contributed by atoms with Gasteiger partial charge in [0, 0.05) is 6.54 Å². The molecule has 0 saturated heterocycles. The number of allylic oxidation sites excluding steroid dienone is 1. The third kappa shape index (κ3) is 7.19. The molecule has 0 unspecified atom stereocenters. The Balaban J connectivity index is 2.90. The van der Waals surface area contributed by atoms with Crippen LogP contribution in [-0.4, -0.2) is 12.4 Å². The van der Waals surface area contributed by atoms with Crippen LogP contribution in [0.5, 0.6) is 0 Å². The van der Waals surface area contributed by atoms with E-state index >= 15 is 0 Å². The monoisotopic (exact) mass is 123 g/mol. The molecule has 0 aromatic carbocycles. The molecule has 1 nitrogen and oxygen atoms in total. The normalized spacial score (nSPS) is 8.00. The van der Waals surface area contributed by atoms with Gasteiger partial charge in [0.15, 0.2) is 0 Å². The summed E-state index contributed by atoms with van der Waals surface area (Å²) in [6, 6.07) is 0. The maximum atomic E-state index is 3.85. The Bertz CT molecular complexity index is 110. The molecular formula is C8H13N. The highest BCUT2D eigenvalue weighted by Gasteiger charge is 1.80. The standard InChI is InChI=1S/C8H13N/c1-3-5-6-7-8-9-4-2/h3H,1-2,5-8H2. The van der Waals surface area contributed by atoms with E-state index in [4.69, 9.17) is 0 Å². The smallest absolute Gasteiger partial charge is 0.0483 e. The summed E-state index contributed by atoms with van der Waals surface area (Å²) in [5, 5.41) is 0. The molecule has 0 aromatic rings. The lowest BCUT2D eigenvalue weighted by Gasteiger charge is -1.88. The first-order valence-corrected chi connectivity index (χ1v) is 3.21. The predicted octanol–water partition coefficient (Wildman–Crippen LogP) is 2.20. The lowest BCUT2D eigenvalue weighted by Crippen LogP contribution is -1.78. The fraction of sp³-hybridized carbons (Fsp3) is 0.500. The van der Waals surface area contributed by atoms with Gasteiger partial charge in [-0.15, -0.1) is 6.58 Å². The van der Waals surface area contributed by atoms with Crippen molar-refractivity contribution in [3.05, 3.63) is 19.2 Å². The zero-order chi connectivity index (χ0) is 6.95. The molecule has 9 heavy (non-hydrogen) atoms. The molecule has 0 saturated carbocycles. The number of hydrogen-bond acceptors (Lipinski definition) is 1. The highest BCUT2D eigenvalue weighted by Crippen LogP contribution is 1.94. The van der Waals surface area contributed by atoms with Crippen LogP contribution < -0.4 is 0 Å². The molecule has 1 heteroatoms. The maximum Gasteiger partial charge on any atom is 0.0483 e. The van der Waals surface area contributed by atoms with Gasteiger partial charge < -0.3 is 0 Å². The van der Waals surface area contributed by atoms with Crippen molar-refractivity contribution in [1.29, 1.82) is 0 Å². The van der Waals surface area contributed by atoms with E-state index in [1.54, 1.807) is 0 Å². The van der Waals surface area contributed by atoms with Crippen molar-refractivity contribution in [3.63, 3.8) is 0 Å². The lowest BCUT2D eigenvalue weighted by atomic mass is 10.2. The van der Waals surface area contributed by atoms with Crippen LogP contribution in [0.25, 0.3) is 0 Å². The molecule has 0 N–H and O–H groups in total. The molecular weight excluding hydrogens is 110 g/mol. The van der Waals surface area contributed by atoms with Crippen molar-refractivity contribution >= 4 is 5.87 Å². The molecule has 50 valence electrons. The Labute approximate surface area is 56.8 Å². The van der Waals surface area contributed by atoms with Gasteiger partial charge in [0.25, 0.3) is 0 Å². The molecule has 0 fully saturated rings. The first-order chi connectivity index (χ1) is 4.41. The third-order valence-corrected chi connectivity index (χ3v) is 1.04. The summed E-state index contributed by atoms with van der Waals surface area (Å²) in [4.78, 5) is 3.85. The fourth-order valence-corrected chi connectivity index (χ4v) is 0.559. The molecule has 0 amide bonds. The summed E-state index contributed by atoms with van der Waals surface area (Å²) in [6.07, 6.45) is 5.31. The summed E-state index contributed by atoms with van der Waals surface area (Å²) >= 11 is 0. The molecule has 0 spiro atoms. The topological polar surface area (TPSA) is 12.4 Å². The first kappa shape index (κ1) is 8.19. The minimum atomic E-state index is 0.858. The Morgan fingerprint density at radius 1 is 1.44 bits per heavy atom. The largest absolute Gasteiger partial charge is 0.244 e. The van der Waals surface area contributed by atoms with Crippen molar-refractivity contribution < 1.29 is 0 Å². The van der Waals surface area contributed by atoms with Crippen molar-refractivity contribution in [2.75, 3.05) is 6.54 Å². The summed E-state index contributed by atoms with van der Waals surface area (Å²) in [6.45, 7) is 7.85. The third-order valence-electron chi connectivity index (χ3n) is 1.04. The minimum Gasteiger partial charge on any atom is -0.244 e. The van der Waals surface area contributed by atoms with Gasteiger partial charge in [0.2, 0.25) is 0 Å². The number of hydrogen-bond donors (Lipinski definition) is 0. The minimum absolute atomic E-state index is 0.858. The lowest BCUT2D eigenvalue weighted by molar-refractivity contribution is 0.762. The number of unbranched alkanes of at least 4 members (excludes halogenated alkanes) is 2. The molecule has 0 aliphatic carbocycles. The molecule has 0 radical (unpaired) electrons. The van der Waals surface area contributed by atoms with Crippen molar-refractivity contribution in [2.45, 2.75) is 19.3 Å². The molecule has 0 atom stereocenters. The van der Waals surface area contributed by atoms with Gasteiger partial charge in [0.1, 0.15) is 0 Å². The quantitative estimate of drug-likeness (QED) is 0.302. The highest BCUT2D eigenvalue weighted by atomic mass is 14.7. The summed E-state index contributed by atoms with van der Waals surface area (Å²) in [5.41, 5.74) is 0. The first-order valence-electron chi connectivity index (χ1n) is 3.21. The summed E-state index contributed by atoms with van der Waals surface area (Å²) in [5.74, 6) is 2.49. The van der Waals surface area contributed by atoms with Crippen molar-refractivity contribution in [2.24, 2.45) is 4.99 Å². The SMILES string of the molecule is C=C=NCCCCC=C. The van der Waals surface area contributed by atoms with Crippen LogP contribution in [0.15, 0.2) is 24.2 Å². The van der Waals surface area contributed by atoms with Gasteiger partial charge in [-0.2, -0.15) is 0 Å². The van der Waals surface area contributed by atoms with E-state index < -0.39 is 0 Å². The van der Waals surface area contributed by atoms with E-state index in [1.807, 2.05) is 6.08 Å². The molecule has 0 heterocycles. The average Bonchev–Trinajstić information content (AvgIpc) is 1.89. The number of rotatable bonds is 5. The molecule has 0 rings (SSSR count). The fourth-order valence-electron chi connectivity index (χ4n) is 0.559. The van der Waals surface area contributed by atoms with E-state index in [0.29, 0.717) is 0 Å². The van der Waals surface area contributed by atoms with Gasteiger partial charge in [-0.25, -0.2) is 4.99 Å².